The van der Waals surface area contributed by atoms with Crippen molar-refractivity contribution in [3.05, 3.63) is 29.3 Å². The fourth-order valence-corrected chi connectivity index (χ4v) is 2.11. The van der Waals surface area contributed by atoms with Crippen LogP contribution in [0.25, 0.3) is 0 Å². The van der Waals surface area contributed by atoms with E-state index >= 15 is 0 Å². The first-order valence-electron chi connectivity index (χ1n) is 5.20. The van der Waals surface area contributed by atoms with Crippen LogP contribution < -0.4 is 5.32 Å². The van der Waals surface area contributed by atoms with Gasteiger partial charge in [-0.1, -0.05) is 12.1 Å². The zero-order chi connectivity index (χ0) is 12.5. The van der Waals surface area contributed by atoms with E-state index in [4.69, 9.17) is 0 Å². The average molecular weight is 255 g/mol. The van der Waals surface area contributed by atoms with Gasteiger partial charge in [-0.3, -0.25) is 8.98 Å². The molecule has 1 heterocycles. The van der Waals surface area contributed by atoms with E-state index in [2.05, 4.69) is 9.50 Å². The Morgan fingerprint density at radius 1 is 1.41 bits per heavy atom. The Kier molecular flexibility index (Phi) is 3.17. The molecule has 6 heteroatoms. The molecule has 2 rings (SSSR count). The van der Waals surface area contributed by atoms with Gasteiger partial charge in [-0.2, -0.15) is 8.42 Å². The molecule has 0 atom stereocenters. The molecule has 17 heavy (non-hydrogen) atoms. The van der Waals surface area contributed by atoms with Gasteiger partial charge < -0.3 is 5.32 Å². The summed E-state index contributed by atoms with van der Waals surface area (Å²) >= 11 is 0. The lowest BCUT2D eigenvalue weighted by Crippen LogP contribution is -2.06. The van der Waals surface area contributed by atoms with Crippen LogP contribution in [0.1, 0.15) is 11.1 Å². The summed E-state index contributed by atoms with van der Waals surface area (Å²) in [5, 5.41) is 2.75. The SMILES string of the molecule is CS(=O)(=O)OCCc1ccc2c(c1)NC(=O)C2. The van der Waals surface area contributed by atoms with E-state index in [9.17, 15) is 13.2 Å². The third kappa shape index (κ3) is 3.28. The van der Waals surface area contributed by atoms with Crippen molar-refractivity contribution in [2.45, 2.75) is 12.8 Å². The van der Waals surface area contributed by atoms with E-state index < -0.39 is 10.1 Å². The van der Waals surface area contributed by atoms with Gasteiger partial charge in [0.05, 0.1) is 19.3 Å². The Balaban J connectivity index is 2.00. The van der Waals surface area contributed by atoms with E-state index in [1.165, 1.54) is 0 Å². The summed E-state index contributed by atoms with van der Waals surface area (Å²) in [6, 6.07) is 5.61. The van der Waals surface area contributed by atoms with Crippen LogP contribution in [-0.4, -0.2) is 27.2 Å². The molecule has 1 N–H and O–H groups in total. The molecular weight excluding hydrogens is 242 g/mol. The van der Waals surface area contributed by atoms with Crippen LogP contribution in [-0.2, 0) is 31.9 Å². The molecular formula is C11H13NO4S. The van der Waals surface area contributed by atoms with Crippen molar-refractivity contribution in [3.8, 4) is 0 Å². The number of hydrogen-bond acceptors (Lipinski definition) is 4. The van der Waals surface area contributed by atoms with E-state index in [0.29, 0.717) is 12.8 Å². The maximum Gasteiger partial charge on any atom is 0.264 e. The highest BCUT2D eigenvalue weighted by Crippen LogP contribution is 2.24. The molecule has 0 aliphatic carbocycles. The third-order valence-corrected chi connectivity index (χ3v) is 3.08. The second-order valence-corrected chi connectivity index (χ2v) is 5.64. The van der Waals surface area contributed by atoms with Gasteiger partial charge >= 0.3 is 0 Å². The van der Waals surface area contributed by atoms with E-state index in [1.54, 1.807) is 0 Å². The van der Waals surface area contributed by atoms with Gasteiger partial charge in [-0.25, -0.2) is 0 Å². The van der Waals surface area contributed by atoms with Crippen molar-refractivity contribution in [2.75, 3.05) is 18.2 Å². The highest BCUT2D eigenvalue weighted by atomic mass is 32.2. The van der Waals surface area contributed by atoms with Gasteiger partial charge in [-0.15, -0.1) is 0 Å². The Labute approximate surface area is 99.9 Å². The minimum Gasteiger partial charge on any atom is -0.326 e. The molecule has 1 aliphatic rings. The molecule has 0 spiro atoms. The first-order valence-corrected chi connectivity index (χ1v) is 7.02. The smallest absolute Gasteiger partial charge is 0.264 e. The summed E-state index contributed by atoms with van der Waals surface area (Å²) in [4.78, 5) is 11.1. The van der Waals surface area contributed by atoms with Gasteiger partial charge in [0.25, 0.3) is 10.1 Å². The maximum absolute atomic E-state index is 11.1. The van der Waals surface area contributed by atoms with Gasteiger partial charge in [0.2, 0.25) is 5.91 Å². The van der Waals surface area contributed by atoms with Crippen molar-refractivity contribution < 1.29 is 17.4 Å². The van der Waals surface area contributed by atoms with Crippen LogP contribution in [0.15, 0.2) is 18.2 Å². The van der Waals surface area contributed by atoms with Crippen molar-refractivity contribution in [1.82, 2.24) is 0 Å². The fraction of sp³-hybridized carbons (Fsp3) is 0.364. The Morgan fingerprint density at radius 3 is 2.88 bits per heavy atom. The normalized spacial score (nSPS) is 14.5. The number of rotatable bonds is 4. The number of anilines is 1. The molecule has 1 aliphatic heterocycles. The summed E-state index contributed by atoms with van der Waals surface area (Å²) in [7, 11) is -3.38. The molecule has 1 aromatic rings. The lowest BCUT2D eigenvalue weighted by Gasteiger charge is -2.04. The van der Waals surface area contributed by atoms with Crippen LogP contribution in [0.4, 0.5) is 5.69 Å². The van der Waals surface area contributed by atoms with Gasteiger partial charge in [0.15, 0.2) is 0 Å². The Bertz CT molecular complexity index is 551. The molecule has 0 fully saturated rings. The molecule has 0 aromatic heterocycles. The highest BCUT2D eigenvalue weighted by Gasteiger charge is 2.17. The fourth-order valence-electron chi connectivity index (χ4n) is 1.73. The zero-order valence-electron chi connectivity index (χ0n) is 9.39. The molecule has 0 bridgehead atoms. The van der Waals surface area contributed by atoms with Crippen LogP contribution in [0.2, 0.25) is 0 Å². The quantitative estimate of drug-likeness (QED) is 0.804. The van der Waals surface area contributed by atoms with Crippen LogP contribution in [0.5, 0.6) is 0 Å². The largest absolute Gasteiger partial charge is 0.326 e. The van der Waals surface area contributed by atoms with Crippen molar-refractivity contribution in [1.29, 1.82) is 0 Å². The maximum atomic E-state index is 11.1. The van der Waals surface area contributed by atoms with Crippen molar-refractivity contribution in [2.24, 2.45) is 0 Å². The molecule has 1 amide bonds. The summed E-state index contributed by atoms with van der Waals surface area (Å²) < 4.78 is 26.2. The molecule has 1 aromatic carbocycles. The number of benzene rings is 1. The van der Waals surface area contributed by atoms with Gasteiger partial charge in [0, 0.05) is 5.69 Å². The number of hydrogen-bond donors (Lipinski definition) is 1. The van der Waals surface area contributed by atoms with Crippen molar-refractivity contribution in [3.63, 3.8) is 0 Å². The third-order valence-electron chi connectivity index (χ3n) is 2.49. The molecule has 0 unspecified atom stereocenters. The lowest BCUT2D eigenvalue weighted by atomic mass is 10.1. The molecule has 5 nitrogen and oxygen atoms in total. The second-order valence-electron chi connectivity index (χ2n) is 3.99. The first-order chi connectivity index (χ1) is 7.94. The number of fused-ring (bicyclic) bond motifs is 1. The predicted molar refractivity (Wildman–Crippen MR) is 63.3 cm³/mol. The number of carbonyl (C=O) groups excluding carboxylic acids is 1. The average Bonchev–Trinajstić information content (AvgIpc) is 2.55. The first kappa shape index (κ1) is 12.1. The molecule has 0 radical (unpaired) electrons. The highest BCUT2D eigenvalue weighted by molar-refractivity contribution is 7.85. The van der Waals surface area contributed by atoms with E-state index in [-0.39, 0.29) is 12.5 Å². The number of nitrogens with one attached hydrogen (secondary N) is 1. The van der Waals surface area contributed by atoms with Crippen LogP contribution in [0, 0.1) is 0 Å². The van der Waals surface area contributed by atoms with Gasteiger partial charge in [0.1, 0.15) is 0 Å². The number of amides is 1. The van der Waals surface area contributed by atoms with Crippen LogP contribution >= 0.6 is 0 Å². The predicted octanol–water partition coefficient (Wildman–Crippen LogP) is 0.700. The topological polar surface area (TPSA) is 72.5 Å². The molecule has 0 saturated heterocycles. The zero-order valence-corrected chi connectivity index (χ0v) is 10.2. The summed E-state index contributed by atoms with van der Waals surface area (Å²) in [6.45, 7) is 0.117. The van der Waals surface area contributed by atoms with E-state index in [1.807, 2.05) is 18.2 Å². The van der Waals surface area contributed by atoms with Crippen molar-refractivity contribution >= 4 is 21.7 Å². The second kappa shape index (κ2) is 4.46. The van der Waals surface area contributed by atoms with Gasteiger partial charge in [-0.05, 0) is 23.6 Å². The molecule has 92 valence electrons. The Hall–Kier alpha value is -1.40. The summed E-state index contributed by atoms with van der Waals surface area (Å²) in [5.41, 5.74) is 2.73. The lowest BCUT2D eigenvalue weighted by molar-refractivity contribution is -0.115. The number of carbonyl (C=O) groups is 1. The monoisotopic (exact) mass is 255 g/mol. The minimum atomic E-state index is -3.38. The van der Waals surface area contributed by atoms with E-state index in [0.717, 1.165) is 23.1 Å². The molecule has 0 saturated carbocycles. The Morgan fingerprint density at radius 2 is 2.18 bits per heavy atom. The summed E-state index contributed by atoms with van der Waals surface area (Å²) in [5.74, 6) is -0.00969. The standard InChI is InChI=1S/C11H13NO4S/c1-17(14,15)16-5-4-8-2-3-9-7-11(13)12-10(9)6-8/h2-3,6H,4-5,7H2,1H3,(H,12,13). The summed E-state index contributed by atoms with van der Waals surface area (Å²) in [6.07, 6.45) is 1.93. The van der Waals surface area contributed by atoms with Crippen LogP contribution in [0.3, 0.4) is 0 Å². The minimum absolute atomic E-state index is 0.00969.